The number of aliphatic carboxylic acids is 1. The molecular formula is C15H14N2O4. The van der Waals surface area contributed by atoms with Crippen LogP contribution >= 0.6 is 0 Å². The fourth-order valence-corrected chi connectivity index (χ4v) is 2.53. The fourth-order valence-electron chi connectivity index (χ4n) is 2.53. The van der Waals surface area contributed by atoms with Crippen LogP contribution in [0.2, 0.25) is 0 Å². The summed E-state index contributed by atoms with van der Waals surface area (Å²) in [4.78, 5) is 19.5. The van der Waals surface area contributed by atoms with Crippen molar-refractivity contribution < 1.29 is 19.4 Å². The van der Waals surface area contributed by atoms with Gasteiger partial charge in [0.15, 0.2) is 6.10 Å². The number of rotatable bonds is 3. The maximum Gasteiger partial charge on any atom is 0.337 e. The van der Waals surface area contributed by atoms with Crippen LogP contribution in [0.5, 0.6) is 6.01 Å². The Morgan fingerprint density at radius 1 is 1.38 bits per heavy atom. The number of fused-ring (bicyclic) bond motifs is 1. The molecule has 6 heteroatoms. The van der Waals surface area contributed by atoms with Crippen LogP contribution in [0.3, 0.4) is 0 Å². The minimum atomic E-state index is -0.973. The molecule has 1 N–H and O–H groups in total. The Kier molecular flexibility index (Phi) is 3.53. The van der Waals surface area contributed by atoms with Crippen molar-refractivity contribution in [3.8, 4) is 17.1 Å². The van der Waals surface area contributed by atoms with Crippen LogP contribution in [0.25, 0.3) is 11.1 Å². The molecule has 1 unspecified atom stereocenters. The number of methoxy groups -OCH3 is 1. The predicted molar refractivity (Wildman–Crippen MR) is 74.1 cm³/mol. The van der Waals surface area contributed by atoms with Crippen molar-refractivity contribution in [2.45, 2.75) is 12.5 Å². The van der Waals surface area contributed by atoms with Crippen molar-refractivity contribution >= 4 is 5.97 Å². The zero-order valence-electron chi connectivity index (χ0n) is 11.4. The lowest BCUT2D eigenvalue weighted by molar-refractivity contribution is -0.151. The standard InChI is InChI=1S/C15H14N2O4/c1-20-15-16-7-9(8-17-15)10-3-2-4-12-11(10)5-6-21-13(12)14(18)19/h2-4,7-8,13H,5-6H2,1H3,(H,18,19). The minimum Gasteiger partial charge on any atom is -0.479 e. The quantitative estimate of drug-likeness (QED) is 0.927. The highest BCUT2D eigenvalue weighted by Crippen LogP contribution is 2.34. The zero-order valence-corrected chi connectivity index (χ0v) is 11.4. The van der Waals surface area contributed by atoms with Crippen molar-refractivity contribution in [1.82, 2.24) is 9.97 Å². The van der Waals surface area contributed by atoms with E-state index in [1.807, 2.05) is 12.1 Å². The highest BCUT2D eigenvalue weighted by Gasteiger charge is 2.28. The maximum absolute atomic E-state index is 11.3. The van der Waals surface area contributed by atoms with Crippen LogP contribution in [0.4, 0.5) is 0 Å². The SMILES string of the molecule is COc1ncc(-c2cccc3c2CCOC3C(=O)O)cn1. The molecule has 6 nitrogen and oxygen atoms in total. The number of carbonyl (C=O) groups is 1. The van der Waals surface area contributed by atoms with E-state index in [0.29, 0.717) is 24.6 Å². The molecule has 0 saturated carbocycles. The molecule has 2 aromatic rings. The highest BCUT2D eigenvalue weighted by molar-refractivity contribution is 5.78. The lowest BCUT2D eigenvalue weighted by Gasteiger charge is -2.25. The number of carboxylic acids is 1. The first-order chi connectivity index (χ1) is 10.2. The summed E-state index contributed by atoms with van der Waals surface area (Å²) >= 11 is 0. The molecule has 0 amide bonds. The molecule has 0 fully saturated rings. The van der Waals surface area contributed by atoms with Gasteiger partial charge in [-0.15, -0.1) is 0 Å². The second-order valence-electron chi connectivity index (χ2n) is 4.67. The molecule has 21 heavy (non-hydrogen) atoms. The van der Waals surface area contributed by atoms with Gasteiger partial charge < -0.3 is 14.6 Å². The first-order valence-corrected chi connectivity index (χ1v) is 6.53. The number of hydrogen-bond acceptors (Lipinski definition) is 5. The Morgan fingerprint density at radius 2 is 2.14 bits per heavy atom. The lowest BCUT2D eigenvalue weighted by atomic mass is 9.90. The van der Waals surface area contributed by atoms with Gasteiger partial charge in [-0.2, -0.15) is 0 Å². The minimum absolute atomic E-state index is 0.301. The van der Waals surface area contributed by atoms with E-state index in [9.17, 15) is 9.90 Å². The molecule has 0 bridgehead atoms. The molecule has 1 aliphatic rings. The molecule has 1 aromatic heterocycles. The van der Waals surface area contributed by atoms with Crippen LogP contribution < -0.4 is 4.74 Å². The zero-order chi connectivity index (χ0) is 14.8. The largest absolute Gasteiger partial charge is 0.479 e. The van der Waals surface area contributed by atoms with Crippen LogP contribution in [0, 0.1) is 0 Å². The Balaban J connectivity index is 2.07. The van der Waals surface area contributed by atoms with Gasteiger partial charge >= 0.3 is 12.0 Å². The van der Waals surface area contributed by atoms with Gasteiger partial charge in [0.2, 0.25) is 0 Å². The van der Waals surface area contributed by atoms with Gasteiger partial charge in [0.1, 0.15) is 0 Å². The number of benzene rings is 1. The number of ether oxygens (including phenoxy) is 2. The van der Waals surface area contributed by atoms with E-state index in [1.165, 1.54) is 7.11 Å². The van der Waals surface area contributed by atoms with E-state index >= 15 is 0 Å². The van der Waals surface area contributed by atoms with E-state index in [1.54, 1.807) is 18.5 Å². The van der Waals surface area contributed by atoms with Crippen LogP contribution in [-0.2, 0) is 16.0 Å². The van der Waals surface area contributed by atoms with Crippen molar-refractivity contribution in [3.63, 3.8) is 0 Å². The Morgan fingerprint density at radius 3 is 2.81 bits per heavy atom. The molecule has 0 saturated heterocycles. The number of hydrogen-bond donors (Lipinski definition) is 1. The molecule has 1 aliphatic heterocycles. The van der Waals surface area contributed by atoms with Crippen LogP contribution in [0.1, 0.15) is 17.2 Å². The van der Waals surface area contributed by atoms with Gasteiger partial charge in [0, 0.05) is 18.0 Å². The van der Waals surface area contributed by atoms with E-state index in [0.717, 1.165) is 16.7 Å². The van der Waals surface area contributed by atoms with Crippen molar-refractivity contribution in [1.29, 1.82) is 0 Å². The second-order valence-corrected chi connectivity index (χ2v) is 4.67. The number of carboxylic acid groups (broad SMARTS) is 1. The van der Waals surface area contributed by atoms with Crippen molar-refractivity contribution in [3.05, 3.63) is 41.7 Å². The fraction of sp³-hybridized carbons (Fsp3) is 0.267. The van der Waals surface area contributed by atoms with Crippen LogP contribution in [0.15, 0.2) is 30.6 Å². The van der Waals surface area contributed by atoms with Crippen molar-refractivity contribution in [2.24, 2.45) is 0 Å². The van der Waals surface area contributed by atoms with Crippen LogP contribution in [-0.4, -0.2) is 34.8 Å². The lowest BCUT2D eigenvalue weighted by Crippen LogP contribution is -2.23. The number of nitrogens with zero attached hydrogens (tertiary/aromatic N) is 2. The topological polar surface area (TPSA) is 81.5 Å². The third-order valence-corrected chi connectivity index (χ3v) is 3.48. The smallest absolute Gasteiger partial charge is 0.337 e. The Labute approximate surface area is 121 Å². The van der Waals surface area contributed by atoms with E-state index in [2.05, 4.69) is 9.97 Å². The summed E-state index contributed by atoms with van der Waals surface area (Å²) in [5.41, 5.74) is 3.44. The summed E-state index contributed by atoms with van der Waals surface area (Å²) < 4.78 is 10.3. The molecule has 0 spiro atoms. The highest BCUT2D eigenvalue weighted by atomic mass is 16.5. The summed E-state index contributed by atoms with van der Waals surface area (Å²) in [6.07, 6.45) is 3.11. The predicted octanol–water partition coefficient (Wildman–Crippen LogP) is 1.85. The number of aromatic nitrogens is 2. The van der Waals surface area contributed by atoms with E-state index < -0.39 is 12.1 Å². The third-order valence-electron chi connectivity index (χ3n) is 3.48. The summed E-state index contributed by atoms with van der Waals surface area (Å²) in [6.45, 7) is 0.387. The van der Waals surface area contributed by atoms with Crippen molar-refractivity contribution in [2.75, 3.05) is 13.7 Å². The summed E-state index contributed by atoms with van der Waals surface area (Å²) in [6, 6.07) is 5.86. The average molecular weight is 286 g/mol. The van der Waals surface area contributed by atoms with Gasteiger partial charge in [-0.05, 0) is 23.1 Å². The first kappa shape index (κ1) is 13.5. The summed E-state index contributed by atoms with van der Waals surface area (Å²) in [7, 11) is 1.51. The molecule has 3 rings (SSSR count). The monoisotopic (exact) mass is 286 g/mol. The van der Waals surface area contributed by atoms with Gasteiger partial charge in [-0.3, -0.25) is 0 Å². The molecule has 1 atom stereocenters. The van der Waals surface area contributed by atoms with Gasteiger partial charge in [-0.1, -0.05) is 18.2 Å². The molecule has 108 valence electrons. The first-order valence-electron chi connectivity index (χ1n) is 6.53. The third kappa shape index (κ3) is 2.45. The van der Waals surface area contributed by atoms with E-state index in [-0.39, 0.29) is 0 Å². The normalized spacial score (nSPS) is 17.1. The van der Waals surface area contributed by atoms with Gasteiger partial charge in [0.25, 0.3) is 0 Å². The average Bonchev–Trinajstić information content (AvgIpc) is 2.53. The Hall–Kier alpha value is -2.47. The van der Waals surface area contributed by atoms with E-state index in [4.69, 9.17) is 9.47 Å². The molecule has 1 aromatic carbocycles. The molecule has 0 aliphatic carbocycles. The van der Waals surface area contributed by atoms with Gasteiger partial charge in [0.05, 0.1) is 13.7 Å². The molecular weight excluding hydrogens is 272 g/mol. The molecule has 0 radical (unpaired) electrons. The maximum atomic E-state index is 11.3. The second kappa shape index (κ2) is 5.49. The Bertz CT molecular complexity index is 670. The summed E-state index contributed by atoms with van der Waals surface area (Å²) in [5.74, 6) is -0.973. The summed E-state index contributed by atoms with van der Waals surface area (Å²) in [5, 5.41) is 9.25. The molecule has 2 heterocycles. The van der Waals surface area contributed by atoms with Gasteiger partial charge in [-0.25, -0.2) is 14.8 Å².